The first-order chi connectivity index (χ1) is 3.97. The van der Waals surface area contributed by atoms with Crippen LogP contribution >= 0.6 is 11.8 Å². The van der Waals surface area contributed by atoms with Crippen LogP contribution in [0.2, 0.25) is 0 Å². The highest BCUT2D eigenvalue weighted by molar-refractivity contribution is 8.03. The molecule has 2 unspecified atom stereocenters. The predicted octanol–water partition coefficient (Wildman–Crippen LogP) is 1.10. The van der Waals surface area contributed by atoms with Crippen molar-refractivity contribution in [3.05, 3.63) is 23.8 Å². The molecule has 2 atom stereocenters. The summed E-state index contributed by atoms with van der Waals surface area (Å²) in [7, 11) is 0. The van der Waals surface area contributed by atoms with Gasteiger partial charge < -0.3 is 5.32 Å². The Bertz CT molecular complexity index is 133. The molecule has 0 bridgehead atoms. The Hall–Kier alpha value is -0.370. The molecule has 2 rings (SSSR count). The lowest BCUT2D eigenvalue weighted by Crippen LogP contribution is -2.22. The van der Waals surface area contributed by atoms with Crippen molar-refractivity contribution in [2.75, 3.05) is 0 Å². The van der Waals surface area contributed by atoms with Gasteiger partial charge in [0.05, 0.1) is 11.3 Å². The van der Waals surface area contributed by atoms with E-state index in [-0.39, 0.29) is 0 Å². The molecule has 0 spiro atoms. The summed E-state index contributed by atoms with van der Waals surface area (Å²) in [6.07, 6.45) is 6.44. The fraction of sp³-hybridized carbons (Fsp3) is 0.333. The van der Waals surface area contributed by atoms with Gasteiger partial charge >= 0.3 is 0 Å². The summed E-state index contributed by atoms with van der Waals surface area (Å²) in [5, 5.41) is 6.08. The molecule has 8 heavy (non-hydrogen) atoms. The molecule has 0 saturated carbocycles. The molecule has 2 heterocycles. The van der Waals surface area contributed by atoms with Crippen LogP contribution in [-0.4, -0.2) is 11.3 Å². The van der Waals surface area contributed by atoms with Gasteiger partial charge in [-0.05, 0) is 11.6 Å². The zero-order valence-electron chi connectivity index (χ0n) is 4.37. The summed E-state index contributed by atoms with van der Waals surface area (Å²) in [5.41, 5.74) is 0. The number of nitrogens with one attached hydrogen (secondary N) is 1. The molecule has 1 nitrogen and oxygen atoms in total. The Morgan fingerprint density at radius 3 is 3.25 bits per heavy atom. The molecular formula is C6H7NS. The fourth-order valence-electron chi connectivity index (χ4n) is 0.992. The Morgan fingerprint density at radius 2 is 2.38 bits per heavy atom. The topological polar surface area (TPSA) is 12.0 Å². The van der Waals surface area contributed by atoms with Gasteiger partial charge in [0.1, 0.15) is 0 Å². The van der Waals surface area contributed by atoms with Crippen molar-refractivity contribution < 1.29 is 0 Å². The second kappa shape index (κ2) is 1.55. The average molecular weight is 125 g/mol. The van der Waals surface area contributed by atoms with E-state index in [1.165, 1.54) is 0 Å². The Balaban J connectivity index is 2.20. The normalized spacial score (nSPS) is 40.0. The molecule has 2 aliphatic heterocycles. The number of hydrogen-bond acceptors (Lipinski definition) is 2. The highest BCUT2D eigenvalue weighted by Crippen LogP contribution is 2.27. The molecule has 1 N–H and O–H groups in total. The minimum atomic E-state index is 0.597. The lowest BCUT2D eigenvalue weighted by atomic mass is 10.2. The van der Waals surface area contributed by atoms with Crippen LogP contribution < -0.4 is 5.32 Å². The molecule has 2 heteroatoms. The lowest BCUT2D eigenvalue weighted by Gasteiger charge is -2.05. The highest BCUT2D eigenvalue weighted by atomic mass is 32.2. The zero-order chi connectivity index (χ0) is 5.40. The minimum Gasteiger partial charge on any atom is -0.383 e. The summed E-state index contributed by atoms with van der Waals surface area (Å²) >= 11 is 1.88. The SMILES string of the molecule is C1=CC2SC=CC2N1. The van der Waals surface area contributed by atoms with E-state index in [2.05, 4.69) is 22.9 Å². The summed E-state index contributed by atoms with van der Waals surface area (Å²) < 4.78 is 0. The molecule has 0 amide bonds. The van der Waals surface area contributed by atoms with Gasteiger partial charge in [-0.1, -0.05) is 12.2 Å². The van der Waals surface area contributed by atoms with E-state index >= 15 is 0 Å². The van der Waals surface area contributed by atoms with E-state index in [0.29, 0.717) is 11.3 Å². The van der Waals surface area contributed by atoms with Gasteiger partial charge in [-0.15, -0.1) is 11.8 Å². The highest BCUT2D eigenvalue weighted by Gasteiger charge is 2.22. The number of thioether (sulfide) groups is 1. The van der Waals surface area contributed by atoms with E-state index < -0.39 is 0 Å². The van der Waals surface area contributed by atoms with Crippen LogP contribution in [0.3, 0.4) is 0 Å². The average Bonchev–Trinajstić information content (AvgIpc) is 2.15. The molecule has 0 aromatic rings. The van der Waals surface area contributed by atoms with E-state index in [1.807, 2.05) is 18.0 Å². The summed E-state index contributed by atoms with van der Waals surface area (Å²) in [6, 6.07) is 0.597. The molecule has 0 radical (unpaired) electrons. The first kappa shape index (κ1) is 4.50. The number of hydrogen-bond donors (Lipinski definition) is 1. The van der Waals surface area contributed by atoms with Crippen molar-refractivity contribution in [2.45, 2.75) is 11.3 Å². The molecule has 0 fully saturated rings. The van der Waals surface area contributed by atoms with Crippen LogP contribution in [0.15, 0.2) is 23.8 Å². The summed E-state index contributed by atoms with van der Waals surface area (Å²) in [6.45, 7) is 0. The quantitative estimate of drug-likeness (QED) is 0.520. The molecular weight excluding hydrogens is 118 g/mol. The smallest absolute Gasteiger partial charge is 0.0604 e. The predicted molar refractivity (Wildman–Crippen MR) is 36.6 cm³/mol. The van der Waals surface area contributed by atoms with Crippen LogP contribution in [0.4, 0.5) is 0 Å². The van der Waals surface area contributed by atoms with Gasteiger partial charge in [0.15, 0.2) is 0 Å². The first-order valence-electron chi connectivity index (χ1n) is 2.72. The second-order valence-corrected chi connectivity index (χ2v) is 3.07. The standard InChI is InChI=1S/C6H7NS/c1-3-7-5-2-4-8-6(1)5/h1-7H. The molecule has 2 aliphatic rings. The van der Waals surface area contributed by atoms with E-state index in [1.54, 1.807) is 0 Å². The van der Waals surface area contributed by atoms with E-state index in [0.717, 1.165) is 0 Å². The van der Waals surface area contributed by atoms with Gasteiger partial charge in [-0.2, -0.15) is 0 Å². The maximum Gasteiger partial charge on any atom is 0.0604 e. The second-order valence-electron chi connectivity index (χ2n) is 1.98. The molecule has 42 valence electrons. The molecule has 0 aromatic carbocycles. The fourth-order valence-corrected chi connectivity index (χ4v) is 1.94. The van der Waals surface area contributed by atoms with Crippen molar-refractivity contribution in [3.63, 3.8) is 0 Å². The molecule has 0 aromatic heterocycles. The van der Waals surface area contributed by atoms with Crippen LogP contribution in [0.5, 0.6) is 0 Å². The maximum absolute atomic E-state index is 3.23. The minimum absolute atomic E-state index is 0.597. The van der Waals surface area contributed by atoms with Crippen LogP contribution in [-0.2, 0) is 0 Å². The van der Waals surface area contributed by atoms with Crippen molar-refractivity contribution in [1.82, 2.24) is 5.32 Å². The number of fused-ring (bicyclic) bond motifs is 1. The summed E-state index contributed by atoms with van der Waals surface area (Å²) in [5.74, 6) is 0. The maximum atomic E-state index is 3.23. The van der Waals surface area contributed by atoms with Crippen LogP contribution in [0, 0.1) is 0 Å². The molecule has 0 aliphatic carbocycles. The van der Waals surface area contributed by atoms with Gasteiger partial charge in [0.2, 0.25) is 0 Å². The summed E-state index contributed by atoms with van der Waals surface area (Å²) in [4.78, 5) is 0. The monoisotopic (exact) mass is 125 g/mol. The van der Waals surface area contributed by atoms with Crippen molar-refractivity contribution in [1.29, 1.82) is 0 Å². The van der Waals surface area contributed by atoms with Gasteiger partial charge in [-0.3, -0.25) is 0 Å². The van der Waals surface area contributed by atoms with Crippen LogP contribution in [0.25, 0.3) is 0 Å². The zero-order valence-corrected chi connectivity index (χ0v) is 5.19. The number of rotatable bonds is 0. The van der Waals surface area contributed by atoms with Gasteiger partial charge in [0, 0.05) is 0 Å². The third-order valence-electron chi connectivity index (χ3n) is 1.45. The third-order valence-corrected chi connectivity index (χ3v) is 2.53. The van der Waals surface area contributed by atoms with Crippen LogP contribution in [0.1, 0.15) is 0 Å². The van der Waals surface area contributed by atoms with Gasteiger partial charge in [0.25, 0.3) is 0 Å². The first-order valence-corrected chi connectivity index (χ1v) is 3.66. The van der Waals surface area contributed by atoms with Crippen molar-refractivity contribution in [2.24, 2.45) is 0 Å². The van der Waals surface area contributed by atoms with Crippen molar-refractivity contribution >= 4 is 11.8 Å². The van der Waals surface area contributed by atoms with Gasteiger partial charge in [-0.25, -0.2) is 0 Å². The van der Waals surface area contributed by atoms with E-state index in [4.69, 9.17) is 0 Å². The third kappa shape index (κ3) is 0.494. The lowest BCUT2D eigenvalue weighted by molar-refractivity contribution is 0.780. The van der Waals surface area contributed by atoms with Crippen molar-refractivity contribution in [3.8, 4) is 0 Å². The van der Waals surface area contributed by atoms with E-state index in [9.17, 15) is 0 Å². The largest absolute Gasteiger partial charge is 0.383 e. The Morgan fingerprint density at radius 1 is 1.38 bits per heavy atom. The Labute approximate surface area is 52.8 Å². The Kier molecular flexibility index (Phi) is 0.875. The molecule has 0 saturated heterocycles.